The molecule has 0 amide bonds. The Morgan fingerprint density at radius 3 is 2.79 bits per heavy atom. The number of carbonyl (C=O) groups excluding carboxylic acids is 1. The molecule has 102 valence electrons. The van der Waals surface area contributed by atoms with Crippen LogP contribution in [0.15, 0.2) is 0 Å². The van der Waals surface area contributed by atoms with Crippen molar-refractivity contribution in [3.8, 4) is 0 Å². The zero-order valence-electron chi connectivity index (χ0n) is 11.3. The summed E-state index contributed by atoms with van der Waals surface area (Å²) in [6.45, 7) is 5.99. The van der Waals surface area contributed by atoms with Gasteiger partial charge in [0, 0.05) is 17.8 Å². The first-order valence-corrected chi connectivity index (χ1v) is 6.17. The smallest absolute Gasteiger partial charge is 0.306 e. The Labute approximate surface area is 110 Å². The fourth-order valence-corrected chi connectivity index (χ4v) is 2.05. The molecule has 2 aromatic rings. The molecular weight excluding hydrogens is 246 g/mol. The maximum absolute atomic E-state index is 11.4. The summed E-state index contributed by atoms with van der Waals surface area (Å²) in [5.41, 5.74) is 8.28. The predicted octanol–water partition coefficient (Wildman–Crippen LogP) is 0.819. The summed E-state index contributed by atoms with van der Waals surface area (Å²) in [6, 6.07) is 0. The molecule has 2 N–H and O–H groups in total. The van der Waals surface area contributed by atoms with Gasteiger partial charge in [-0.2, -0.15) is 9.50 Å². The number of hydrogen-bond donors (Lipinski definition) is 1. The molecule has 2 aromatic heterocycles. The van der Waals surface area contributed by atoms with Gasteiger partial charge in [0.2, 0.25) is 5.95 Å². The highest BCUT2D eigenvalue weighted by atomic mass is 16.5. The van der Waals surface area contributed by atoms with Crippen molar-refractivity contribution in [1.82, 2.24) is 19.6 Å². The molecule has 0 radical (unpaired) electrons. The Morgan fingerprint density at radius 2 is 2.11 bits per heavy atom. The summed E-state index contributed by atoms with van der Waals surface area (Å²) in [5.74, 6) is 0.462. The summed E-state index contributed by atoms with van der Waals surface area (Å²) in [5, 5.41) is 4.08. The lowest BCUT2D eigenvalue weighted by atomic mass is 10.1. The normalized spacial score (nSPS) is 10.9. The molecule has 0 atom stereocenters. The van der Waals surface area contributed by atoms with E-state index in [0.717, 1.165) is 17.0 Å². The number of rotatable bonds is 4. The van der Waals surface area contributed by atoms with Crippen LogP contribution in [0.1, 0.15) is 30.3 Å². The van der Waals surface area contributed by atoms with Gasteiger partial charge in [-0.3, -0.25) is 4.79 Å². The molecular formula is C12H17N5O2. The molecule has 0 saturated carbocycles. The van der Waals surface area contributed by atoms with E-state index in [1.54, 1.807) is 11.4 Å². The Hall–Kier alpha value is -2.18. The molecule has 0 aliphatic rings. The van der Waals surface area contributed by atoms with Crippen molar-refractivity contribution in [2.75, 3.05) is 12.3 Å². The number of ether oxygens (including phenoxy) is 1. The van der Waals surface area contributed by atoms with Crippen LogP contribution in [0.25, 0.3) is 5.78 Å². The third kappa shape index (κ3) is 2.64. The average molecular weight is 263 g/mol. The van der Waals surface area contributed by atoms with Crippen LogP contribution in [0, 0.1) is 13.8 Å². The van der Waals surface area contributed by atoms with Crippen molar-refractivity contribution in [3.63, 3.8) is 0 Å². The summed E-state index contributed by atoms with van der Waals surface area (Å²) in [4.78, 5) is 19.8. The van der Waals surface area contributed by atoms with Gasteiger partial charge in [-0.05, 0) is 32.8 Å². The molecule has 0 aliphatic heterocycles. The zero-order valence-corrected chi connectivity index (χ0v) is 11.3. The van der Waals surface area contributed by atoms with Crippen LogP contribution < -0.4 is 5.73 Å². The Kier molecular flexibility index (Phi) is 3.64. The number of nitrogen functional groups attached to an aromatic ring is 1. The quantitative estimate of drug-likeness (QED) is 0.820. The van der Waals surface area contributed by atoms with Crippen molar-refractivity contribution in [2.24, 2.45) is 0 Å². The zero-order chi connectivity index (χ0) is 14.0. The first-order chi connectivity index (χ1) is 9.02. The van der Waals surface area contributed by atoms with E-state index in [1.165, 1.54) is 0 Å². The van der Waals surface area contributed by atoms with Gasteiger partial charge in [-0.25, -0.2) is 4.98 Å². The standard InChI is InChI=1S/C12H17N5O2/c1-4-19-10(18)6-5-9-7(2)14-12-15-11(13)16-17(12)8(9)3/h4-6H2,1-3H3,(H2,13,16). The molecule has 0 saturated heterocycles. The van der Waals surface area contributed by atoms with E-state index in [9.17, 15) is 4.79 Å². The summed E-state index contributed by atoms with van der Waals surface area (Å²) < 4.78 is 6.52. The minimum Gasteiger partial charge on any atom is -0.466 e. The van der Waals surface area contributed by atoms with Crippen LogP contribution in [0.2, 0.25) is 0 Å². The van der Waals surface area contributed by atoms with Crippen molar-refractivity contribution in [3.05, 3.63) is 17.0 Å². The molecule has 0 unspecified atom stereocenters. The van der Waals surface area contributed by atoms with Gasteiger partial charge >= 0.3 is 5.97 Å². The SMILES string of the molecule is CCOC(=O)CCc1c(C)nc2nc(N)nn2c1C. The number of esters is 1. The number of hydrogen-bond acceptors (Lipinski definition) is 6. The molecule has 2 rings (SSSR count). The maximum atomic E-state index is 11.4. The Balaban J connectivity index is 2.29. The summed E-state index contributed by atoms with van der Waals surface area (Å²) >= 11 is 0. The van der Waals surface area contributed by atoms with Gasteiger partial charge in [-0.15, -0.1) is 5.10 Å². The number of fused-ring (bicyclic) bond motifs is 1. The number of anilines is 1. The van der Waals surface area contributed by atoms with E-state index in [-0.39, 0.29) is 11.9 Å². The third-order valence-corrected chi connectivity index (χ3v) is 2.95. The second-order valence-electron chi connectivity index (χ2n) is 4.25. The van der Waals surface area contributed by atoms with Gasteiger partial charge in [-0.1, -0.05) is 0 Å². The predicted molar refractivity (Wildman–Crippen MR) is 69.6 cm³/mol. The maximum Gasteiger partial charge on any atom is 0.306 e. The van der Waals surface area contributed by atoms with Gasteiger partial charge in [0.1, 0.15) is 0 Å². The highest BCUT2D eigenvalue weighted by molar-refractivity contribution is 5.69. The van der Waals surface area contributed by atoms with Crippen LogP contribution >= 0.6 is 0 Å². The molecule has 7 heteroatoms. The monoisotopic (exact) mass is 263 g/mol. The molecule has 0 aliphatic carbocycles. The number of nitrogens with two attached hydrogens (primary N) is 1. The fourth-order valence-electron chi connectivity index (χ4n) is 2.05. The summed E-state index contributed by atoms with van der Waals surface area (Å²) in [6.07, 6.45) is 0.895. The van der Waals surface area contributed by atoms with E-state index >= 15 is 0 Å². The molecule has 0 bridgehead atoms. The fraction of sp³-hybridized carbons (Fsp3) is 0.500. The topological polar surface area (TPSA) is 95.4 Å². The number of aromatic nitrogens is 4. The lowest BCUT2D eigenvalue weighted by Gasteiger charge is -2.09. The van der Waals surface area contributed by atoms with Crippen molar-refractivity contribution < 1.29 is 9.53 Å². The molecule has 0 aromatic carbocycles. The van der Waals surface area contributed by atoms with Crippen LogP contribution in [0.4, 0.5) is 5.95 Å². The molecule has 0 spiro atoms. The van der Waals surface area contributed by atoms with E-state index < -0.39 is 0 Å². The number of carbonyl (C=O) groups is 1. The van der Waals surface area contributed by atoms with Gasteiger partial charge in [0.05, 0.1) is 6.61 Å². The van der Waals surface area contributed by atoms with E-state index in [0.29, 0.717) is 25.2 Å². The molecule has 2 heterocycles. The van der Waals surface area contributed by atoms with E-state index in [1.807, 2.05) is 13.8 Å². The minimum atomic E-state index is -0.209. The van der Waals surface area contributed by atoms with Crippen molar-refractivity contribution in [1.29, 1.82) is 0 Å². The van der Waals surface area contributed by atoms with Crippen LogP contribution in [0.3, 0.4) is 0 Å². The third-order valence-electron chi connectivity index (χ3n) is 2.95. The minimum absolute atomic E-state index is 0.192. The molecule has 19 heavy (non-hydrogen) atoms. The first-order valence-electron chi connectivity index (χ1n) is 6.17. The van der Waals surface area contributed by atoms with Crippen LogP contribution in [0.5, 0.6) is 0 Å². The Bertz CT molecular complexity index is 620. The Morgan fingerprint density at radius 1 is 1.37 bits per heavy atom. The molecule has 0 fully saturated rings. The van der Waals surface area contributed by atoms with Gasteiger partial charge in [0.15, 0.2) is 0 Å². The lowest BCUT2D eigenvalue weighted by Crippen LogP contribution is -2.10. The van der Waals surface area contributed by atoms with E-state index in [4.69, 9.17) is 10.5 Å². The van der Waals surface area contributed by atoms with E-state index in [2.05, 4.69) is 15.1 Å². The molecule has 7 nitrogen and oxygen atoms in total. The highest BCUT2D eigenvalue weighted by Gasteiger charge is 2.13. The van der Waals surface area contributed by atoms with Crippen molar-refractivity contribution in [2.45, 2.75) is 33.6 Å². The summed E-state index contributed by atoms with van der Waals surface area (Å²) in [7, 11) is 0. The highest BCUT2D eigenvalue weighted by Crippen LogP contribution is 2.16. The first kappa shape index (κ1) is 13.3. The van der Waals surface area contributed by atoms with Crippen molar-refractivity contribution >= 4 is 17.7 Å². The second kappa shape index (κ2) is 5.21. The number of aryl methyl sites for hydroxylation is 2. The number of nitrogens with zero attached hydrogens (tertiary/aromatic N) is 4. The van der Waals surface area contributed by atoms with Gasteiger partial charge < -0.3 is 10.5 Å². The van der Waals surface area contributed by atoms with Crippen LogP contribution in [-0.2, 0) is 16.0 Å². The largest absolute Gasteiger partial charge is 0.466 e. The van der Waals surface area contributed by atoms with Gasteiger partial charge in [0.25, 0.3) is 5.78 Å². The lowest BCUT2D eigenvalue weighted by molar-refractivity contribution is -0.143. The van der Waals surface area contributed by atoms with Crippen LogP contribution in [-0.4, -0.2) is 32.2 Å². The second-order valence-corrected chi connectivity index (χ2v) is 4.25. The average Bonchev–Trinajstić information content (AvgIpc) is 2.70.